The van der Waals surface area contributed by atoms with E-state index in [2.05, 4.69) is 0 Å². The van der Waals surface area contributed by atoms with Crippen molar-refractivity contribution in [1.29, 1.82) is 0 Å². The Bertz CT molecular complexity index is 465. The first-order valence-corrected chi connectivity index (χ1v) is 5.82. The lowest BCUT2D eigenvalue weighted by Gasteiger charge is -2.19. The summed E-state index contributed by atoms with van der Waals surface area (Å²) >= 11 is 4.76. The summed E-state index contributed by atoms with van der Waals surface area (Å²) in [7, 11) is 1.61. The normalized spacial score (nSPS) is 9.94. The molecule has 0 saturated carbocycles. The van der Waals surface area contributed by atoms with Gasteiger partial charge in [0.05, 0.1) is 12.3 Å². The van der Waals surface area contributed by atoms with E-state index in [1.165, 1.54) is 17.0 Å². The first kappa shape index (κ1) is 14.4. The number of nitrogens with zero attached hydrogens (tertiary/aromatic N) is 1. The average molecular weight is 270 g/mol. The summed E-state index contributed by atoms with van der Waals surface area (Å²) in [4.78, 5) is 12.9. The first-order valence-electron chi connectivity index (χ1n) is 5.41. The Morgan fingerprint density at radius 1 is 1.56 bits per heavy atom. The number of hydrogen-bond donors (Lipinski definition) is 1. The van der Waals surface area contributed by atoms with Crippen LogP contribution in [0, 0.1) is 5.82 Å². The number of carbonyl (C=O) groups is 1. The average Bonchev–Trinajstić information content (AvgIpc) is 2.28. The molecule has 1 aromatic carbocycles. The lowest BCUT2D eigenvalue weighted by atomic mass is 10.2. The molecule has 0 aromatic heterocycles. The van der Waals surface area contributed by atoms with Gasteiger partial charge >= 0.3 is 5.97 Å². The number of hydrogen-bond acceptors (Lipinski definition) is 4. The largest absolute Gasteiger partial charge is 0.465 e. The molecule has 1 aromatic rings. The molecule has 0 saturated heterocycles. The van der Waals surface area contributed by atoms with Crippen LogP contribution in [0.5, 0.6) is 0 Å². The van der Waals surface area contributed by atoms with E-state index in [0.717, 1.165) is 0 Å². The third-order valence-corrected chi connectivity index (χ3v) is 2.55. The van der Waals surface area contributed by atoms with Crippen LogP contribution in [0.25, 0.3) is 0 Å². The molecular formula is C12H15FN2O2S. The molecule has 0 aliphatic carbocycles. The number of thiocarbonyl (C=S) groups is 1. The van der Waals surface area contributed by atoms with Gasteiger partial charge in [0.15, 0.2) is 0 Å². The number of halogens is 1. The highest BCUT2D eigenvalue weighted by Crippen LogP contribution is 2.19. The molecule has 0 aliphatic heterocycles. The van der Waals surface area contributed by atoms with Crippen LogP contribution in [-0.2, 0) is 9.53 Å². The van der Waals surface area contributed by atoms with Crippen molar-refractivity contribution in [1.82, 2.24) is 0 Å². The Balaban J connectivity index is 2.83. The van der Waals surface area contributed by atoms with E-state index in [1.807, 2.05) is 0 Å². The second-order valence-electron chi connectivity index (χ2n) is 3.69. The minimum atomic E-state index is -0.480. The fraction of sp³-hybridized carbons (Fsp3) is 0.333. The Hall–Kier alpha value is -1.69. The Labute approximate surface area is 111 Å². The molecule has 0 aliphatic rings. The Morgan fingerprint density at radius 3 is 2.72 bits per heavy atom. The van der Waals surface area contributed by atoms with Gasteiger partial charge in [-0.15, -0.1) is 0 Å². The van der Waals surface area contributed by atoms with Crippen LogP contribution in [-0.4, -0.2) is 31.2 Å². The fourth-order valence-electron chi connectivity index (χ4n) is 1.46. The number of benzene rings is 1. The zero-order valence-corrected chi connectivity index (χ0v) is 11.1. The minimum absolute atomic E-state index is 0.0167. The van der Waals surface area contributed by atoms with Crippen molar-refractivity contribution < 1.29 is 13.9 Å². The van der Waals surface area contributed by atoms with Gasteiger partial charge in [0, 0.05) is 12.6 Å². The number of rotatable bonds is 5. The number of anilines is 1. The second kappa shape index (κ2) is 6.30. The van der Waals surface area contributed by atoms with E-state index in [9.17, 15) is 9.18 Å². The maximum atomic E-state index is 13.8. The van der Waals surface area contributed by atoms with Gasteiger partial charge in [-0.2, -0.15) is 0 Å². The summed E-state index contributed by atoms with van der Waals surface area (Å²) in [5.74, 6) is -0.884. The number of esters is 1. The maximum absolute atomic E-state index is 13.8. The van der Waals surface area contributed by atoms with Crippen LogP contribution in [0.1, 0.15) is 12.5 Å². The van der Waals surface area contributed by atoms with Crippen molar-refractivity contribution in [2.75, 3.05) is 25.1 Å². The van der Waals surface area contributed by atoms with Crippen LogP contribution in [0.2, 0.25) is 0 Å². The van der Waals surface area contributed by atoms with Gasteiger partial charge in [0.25, 0.3) is 0 Å². The van der Waals surface area contributed by atoms with Gasteiger partial charge in [-0.25, -0.2) is 4.39 Å². The molecule has 1 rings (SSSR count). The molecule has 0 radical (unpaired) electrons. The van der Waals surface area contributed by atoms with E-state index in [0.29, 0.717) is 17.9 Å². The Morgan fingerprint density at radius 2 is 2.22 bits per heavy atom. The van der Waals surface area contributed by atoms with Gasteiger partial charge in [-0.05, 0) is 25.1 Å². The molecule has 4 nitrogen and oxygen atoms in total. The zero-order valence-electron chi connectivity index (χ0n) is 10.3. The number of ether oxygens (including phenoxy) is 1. The highest BCUT2D eigenvalue weighted by atomic mass is 32.1. The van der Waals surface area contributed by atoms with Crippen LogP contribution in [0.3, 0.4) is 0 Å². The molecule has 2 N–H and O–H groups in total. The summed E-state index contributed by atoms with van der Waals surface area (Å²) in [5.41, 5.74) is 6.16. The summed E-state index contributed by atoms with van der Waals surface area (Å²) < 4.78 is 18.6. The van der Waals surface area contributed by atoms with Crippen molar-refractivity contribution in [3.63, 3.8) is 0 Å². The van der Waals surface area contributed by atoms with Crippen molar-refractivity contribution in [3.05, 3.63) is 29.6 Å². The highest BCUT2D eigenvalue weighted by molar-refractivity contribution is 7.80. The molecule has 0 atom stereocenters. The van der Waals surface area contributed by atoms with E-state index >= 15 is 0 Å². The van der Waals surface area contributed by atoms with E-state index in [-0.39, 0.29) is 11.5 Å². The number of carbonyl (C=O) groups excluding carboxylic acids is 1. The van der Waals surface area contributed by atoms with Gasteiger partial charge in [0.1, 0.15) is 17.4 Å². The van der Waals surface area contributed by atoms with E-state index < -0.39 is 11.8 Å². The standard InChI is InChI=1S/C12H15FN2O2S/c1-3-17-11(16)7-15(2)10-5-4-8(12(14)18)6-9(10)13/h4-6H,3,7H2,1-2H3,(H2,14,18). The molecule has 6 heteroatoms. The van der Waals surface area contributed by atoms with Gasteiger partial charge in [-0.1, -0.05) is 12.2 Å². The van der Waals surface area contributed by atoms with Crippen LogP contribution >= 0.6 is 12.2 Å². The summed E-state index contributed by atoms with van der Waals surface area (Å²) in [5, 5.41) is 0. The van der Waals surface area contributed by atoms with Crippen molar-refractivity contribution in [3.8, 4) is 0 Å². The third kappa shape index (κ3) is 3.66. The smallest absolute Gasteiger partial charge is 0.325 e. The minimum Gasteiger partial charge on any atom is -0.465 e. The van der Waals surface area contributed by atoms with Gasteiger partial charge < -0.3 is 15.4 Å². The van der Waals surface area contributed by atoms with Crippen molar-refractivity contribution in [2.24, 2.45) is 5.73 Å². The van der Waals surface area contributed by atoms with Crippen LogP contribution in [0.15, 0.2) is 18.2 Å². The van der Waals surface area contributed by atoms with Crippen molar-refractivity contribution in [2.45, 2.75) is 6.92 Å². The summed E-state index contributed by atoms with van der Waals surface area (Å²) in [6.45, 7) is 2.00. The quantitative estimate of drug-likeness (QED) is 0.648. The lowest BCUT2D eigenvalue weighted by molar-refractivity contribution is -0.141. The molecule has 0 bridgehead atoms. The molecular weight excluding hydrogens is 255 g/mol. The van der Waals surface area contributed by atoms with E-state index in [1.54, 1.807) is 20.0 Å². The number of nitrogens with two attached hydrogens (primary N) is 1. The summed E-state index contributed by atoms with van der Waals surface area (Å²) in [6.07, 6.45) is 0. The van der Waals surface area contributed by atoms with E-state index in [4.69, 9.17) is 22.7 Å². The molecule has 18 heavy (non-hydrogen) atoms. The molecule has 0 amide bonds. The Kier molecular flexibility index (Phi) is 5.03. The van der Waals surface area contributed by atoms with Gasteiger partial charge in [-0.3, -0.25) is 4.79 Å². The predicted molar refractivity (Wildman–Crippen MR) is 72.2 cm³/mol. The zero-order chi connectivity index (χ0) is 13.7. The predicted octanol–water partition coefficient (Wildman–Crippen LogP) is 1.46. The van der Waals surface area contributed by atoms with Crippen molar-refractivity contribution >= 4 is 28.9 Å². The van der Waals surface area contributed by atoms with Gasteiger partial charge in [0.2, 0.25) is 0 Å². The second-order valence-corrected chi connectivity index (χ2v) is 4.13. The molecule has 0 fully saturated rings. The monoisotopic (exact) mass is 270 g/mol. The van der Waals surface area contributed by atoms with Crippen LogP contribution < -0.4 is 10.6 Å². The molecule has 0 heterocycles. The molecule has 0 unspecified atom stereocenters. The number of likely N-dealkylation sites (N-methyl/N-ethyl adjacent to an activating group) is 1. The summed E-state index contributed by atoms with van der Waals surface area (Å²) in [6, 6.07) is 4.39. The third-order valence-electron chi connectivity index (χ3n) is 2.32. The first-order chi connectivity index (χ1) is 8.45. The highest BCUT2D eigenvalue weighted by Gasteiger charge is 2.13. The fourth-order valence-corrected chi connectivity index (χ4v) is 1.58. The maximum Gasteiger partial charge on any atom is 0.325 e. The lowest BCUT2D eigenvalue weighted by Crippen LogP contribution is -2.28. The molecule has 0 spiro atoms. The topological polar surface area (TPSA) is 55.6 Å². The molecule has 98 valence electrons. The van der Waals surface area contributed by atoms with Crippen LogP contribution in [0.4, 0.5) is 10.1 Å². The SMILES string of the molecule is CCOC(=O)CN(C)c1ccc(C(N)=S)cc1F.